The highest BCUT2D eigenvalue weighted by molar-refractivity contribution is 5.54. The molecule has 1 unspecified atom stereocenters. The Hall–Kier alpha value is -1.29. The summed E-state index contributed by atoms with van der Waals surface area (Å²) in [6.45, 7) is 5.74. The van der Waals surface area contributed by atoms with Crippen LogP contribution in [0.5, 0.6) is 0 Å². The van der Waals surface area contributed by atoms with Crippen LogP contribution >= 0.6 is 0 Å². The number of anilines is 2. The van der Waals surface area contributed by atoms with E-state index in [0.717, 1.165) is 43.0 Å². The van der Waals surface area contributed by atoms with Crippen molar-refractivity contribution in [2.75, 3.05) is 23.7 Å². The summed E-state index contributed by atoms with van der Waals surface area (Å²) in [4.78, 5) is 6.66. The fraction of sp³-hybridized carbons (Fsp3) is 0.615. The van der Waals surface area contributed by atoms with E-state index in [2.05, 4.69) is 9.88 Å². The number of aromatic nitrogens is 1. The van der Waals surface area contributed by atoms with E-state index in [1.54, 1.807) is 0 Å². The first-order valence-corrected chi connectivity index (χ1v) is 6.23. The number of aliphatic hydroxyl groups is 1. The number of aliphatic hydroxyl groups excluding tert-OH is 1. The summed E-state index contributed by atoms with van der Waals surface area (Å²) in [7, 11) is 0. The van der Waals surface area contributed by atoms with E-state index in [0.29, 0.717) is 5.92 Å². The number of rotatable bonds is 2. The Bertz CT molecular complexity index is 384. The predicted octanol–water partition coefficient (Wildman–Crippen LogP) is 1.57. The van der Waals surface area contributed by atoms with Gasteiger partial charge < -0.3 is 15.7 Å². The topological polar surface area (TPSA) is 62.4 Å². The van der Waals surface area contributed by atoms with Gasteiger partial charge >= 0.3 is 0 Å². The van der Waals surface area contributed by atoms with Crippen molar-refractivity contribution in [3.8, 4) is 0 Å². The highest BCUT2D eigenvalue weighted by Gasteiger charge is 2.23. The zero-order valence-electron chi connectivity index (χ0n) is 10.6. The zero-order valence-corrected chi connectivity index (χ0v) is 10.6. The molecule has 1 fully saturated rings. The lowest BCUT2D eigenvalue weighted by molar-refractivity contribution is 0.110. The van der Waals surface area contributed by atoms with Gasteiger partial charge in [0.05, 0.1) is 6.10 Å². The third-order valence-corrected chi connectivity index (χ3v) is 3.68. The molecule has 0 amide bonds. The van der Waals surface area contributed by atoms with Gasteiger partial charge in [-0.2, -0.15) is 0 Å². The van der Waals surface area contributed by atoms with Gasteiger partial charge in [-0.25, -0.2) is 4.98 Å². The monoisotopic (exact) mass is 235 g/mol. The Labute approximate surface area is 102 Å². The minimum atomic E-state index is -0.201. The molecule has 1 atom stereocenters. The van der Waals surface area contributed by atoms with Gasteiger partial charge in [0.1, 0.15) is 5.82 Å². The van der Waals surface area contributed by atoms with Crippen LogP contribution in [0.15, 0.2) is 12.3 Å². The molecular weight excluding hydrogens is 214 g/mol. The van der Waals surface area contributed by atoms with Gasteiger partial charge in [0, 0.05) is 31.0 Å². The van der Waals surface area contributed by atoms with Crippen LogP contribution in [0.25, 0.3) is 0 Å². The number of piperidine rings is 1. The summed E-state index contributed by atoms with van der Waals surface area (Å²) in [5, 5.41) is 9.56. The Balaban J connectivity index is 2.03. The first-order valence-electron chi connectivity index (χ1n) is 6.23. The van der Waals surface area contributed by atoms with Gasteiger partial charge in [-0.1, -0.05) is 0 Å². The lowest BCUT2D eigenvalue weighted by Crippen LogP contribution is -2.37. The average molecular weight is 235 g/mol. The largest absolute Gasteiger partial charge is 0.398 e. The van der Waals surface area contributed by atoms with E-state index in [1.165, 1.54) is 0 Å². The maximum Gasteiger partial charge on any atom is 0.130 e. The van der Waals surface area contributed by atoms with E-state index >= 15 is 0 Å². The van der Waals surface area contributed by atoms with Gasteiger partial charge in [-0.3, -0.25) is 0 Å². The Morgan fingerprint density at radius 3 is 2.65 bits per heavy atom. The fourth-order valence-corrected chi connectivity index (χ4v) is 2.31. The number of pyridine rings is 1. The van der Waals surface area contributed by atoms with Crippen LogP contribution in [-0.2, 0) is 0 Å². The molecule has 1 aliphatic heterocycles. The first-order chi connectivity index (χ1) is 8.08. The van der Waals surface area contributed by atoms with Crippen LogP contribution in [0.1, 0.15) is 25.3 Å². The van der Waals surface area contributed by atoms with E-state index in [1.807, 2.05) is 26.1 Å². The third-order valence-electron chi connectivity index (χ3n) is 3.68. The van der Waals surface area contributed by atoms with Crippen LogP contribution in [-0.4, -0.2) is 29.3 Å². The molecule has 1 aromatic heterocycles. The second-order valence-electron chi connectivity index (χ2n) is 4.96. The predicted molar refractivity (Wildman–Crippen MR) is 70.0 cm³/mol. The minimum absolute atomic E-state index is 0.201. The lowest BCUT2D eigenvalue weighted by Gasteiger charge is -2.34. The van der Waals surface area contributed by atoms with Gasteiger partial charge in [0.15, 0.2) is 0 Å². The van der Waals surface area contributed by atoms with Crippen molar-refractivity contribution in [2.45, 2.75) is 32.8 Å². The minimum Gasteiger partial charge on any atom is -0.398 e. The third kappa shape index (κ3) is 2.69. The van der Waals surface area contributed by atoms with Crippen molar-refractivity contribution < 1.29 is 5.11 Å². The molecule has 0 aliphatic carbocycles. The number of hydrogen-bond acceptors (Lipinski definition) is 4. The summed E-state index contributed by atoms with van der Waals surface area (Å²) in [5.74, 6) is 1.38. The van der Waals surface area contributed by atoms with Crippen molar-refractivity contribution in [1.29, 1.82) is 0 Å². The molecule has 2 rings (SSSR count). The molecule has 4 nitrogen and oxygen atoms in total. The number of nitrogens with two attached hydrogens (primary N) is 1. The molecule has 0 bridgehead atoms. The standard InChI is InChI=1S/C13H21N3O/c1-9-8-15-13(7-12(9)14)16-5-3-11(4-6-16)10(2)17/h7-8,10-11,17H,3-6H2,1-2H3,(H2,14,15). The second-order valence-corrected chi connectivity index (χ2v) is 4.96. The summed E-state index contributed by atoms with van der Waals surface area (Å²) in [5.41, 5.74) is 7.72. The number of nitrogen functional groups attached to an aromatic ring is 1. The van der Waals surface area contributed by atoms with E-state index in [9.17, 15) is 5.11 Å². The van der Waals surface area contributed by atoms with Crippen LogP contribution < -0.4 is 10.6 Å². The number of hydrogen-bond donors (Lipinski definition) is 2. The van der Waals surface area contributed by atoms with Gasteiger partial charge in [0.25, 0.3) is 0 Å². The quantitative estimate of drug-likeness (QED) is 0.816. The van der Waals surface area contributed by atoms with Gasteiger partial charge in [-0.05, 0) is 38.2 Å². The molecule has 1 aliphatic rings. The smallest absolute Gasteiger partial charge is 0.130 e. The van der Waals surface area contributed by atoms with Crippen LogP contribution in [0, 0.1) is 12.8 Å². The summed E-state index contributed by atoms with van der Waals surface area (Å²) in [6.07, 6.45) is 3.67. The Morgan fingerprint density at radius 1 is 1.47 bits per heavy atom. The zero-order chi connectivity index (χ0) is 12.4. The summed E-state index contributed by atoms with van der Waals surface area (Å²) >= 11 is 0. The molecular formula is C13H21N3O. The molecule has 3 N–H and O–H groups in total. The number of nitrogens with zero attached hydrogens (tertiary/aromatic N) is 2. The van der Waals surface area contributed by atoms with Crippen molar-refractivity contribution in [3.63, 3.8) is 0 Å². The van der Waals surface area contributed by atoms with Gasteiger partial charge in [-0.15, -0.1) is 0 Å². The summed E-state index contributed by atoms with van der Waals surface area (Å²) in [6, 6.07) is 1.94. The second kappa shape index (κ2) is 4.92. The fourth-order valence-electron chi connectivity index (χ4n) is 2.31. The average Bonchev–Trinajstić information content (AvgIpc) is 2.33. The molecule has 4 heteroatoms. The van der Waals surface area contributed by atoms with Gasteiger partial charge in [0.2, 0.25) is 0 Å². The SMILES string of the molecule is Cc1cnc(N2CCC(C(C)O)CC2)cc1N. The molecule has 1 aromatic rings. The van der Waals surface area contributed by atoms with Crippen molar-refractivity contribution in [2.24, 2.45) is 5.92 Å². The van der Waals surface area contributed by atoms with Crippen LogP contribution in [0.2, 0.25) is 0 Å². The lowest BCUT2D eigenvalue weighted by atomic mass is 9.92. The van der Waals surface area contributed by atoms with E-state index < -0.39 is 0 Å². The molecule has 1 saturated heterocycles. The molecule has 0 spiro atoms. The highest BCUT2D eigenvalue weighted by atomic mass is 16.3. The molecule has 17 heavy (non-hydrogen) atoms. The summed E-state index contributed by atoms with van der Waals surface area (Å²) < 4.78 is 0. The molecule has 0 radical (unpaired) electrons. The van der Waals surface area contributed by atoms with Crippen molar-refractivity contribution >= 4 is 11.5 Å². The molecule has 0 saturated carbocycles. The molecule has 94 valence electrons. The maximum atomic E-state index is 9.56. The molecule has 2 heterocycles. The van der Waals surface area contributed by atoms with Crippen LogP contribution in [0.3, 0.4) is 0 Å². The first kappa shape index (κ1) is 12.2. The normalized spacial score (nSPS) is 19.4. The maximum absolute atomic E-state index is 9.56. The van der Waals surface area contributed by atoms with Crippen LogP contribution in [0.4, 0.5) is 11.5 Å². The van der Waals surface area contributed by atoms with E-state index in [-0.39, 0.29) is 6.10 Å². The van der Waals surface area contributed by atoms with Crippen molar-refractivity contribution in [3.05, 3.63) is 17.8 Å². The van der Waals surface area contributed by atoms with Crippen molar-refractivity contribution in [1.82, 2.24) is 4.98 Å². The number of aryl methyl sites for hydroxylation is 1. The Morgan fingerprint density at radius 2 is 2.12 bits per heavy atom. The highest BCUT2D eigenvalue weighted by Crippen LogP contribution is 2.25. The Kier molecular flexibility index (Phi) is 3.52. The van der Waals surface area contributed by atoms with E-state index in [4.69, 9.17) is 5.73 Å². The molecule has 0 aromatic carbocycles.